The third-order valence-electron chi connectivity index (χ3n) is 1.31. The van der Waals surface area contributed by atoms with Crippen LogP contribution in [0.5, 0.6) is 0 Å². The van der Waals surface area contributed by atoms with Gasteiger partial charge in [0.2, 0.25) is 0 Å². The average molecular weight is 178 g/mol. The van der Waals surface area contributed by atoms with Crippen molar-refractivity contribution < 1.29 is 10.2 Å². The molecule has 4 N–H and O–H groups in total. The quantitative estimate of drug-likeness (QED) is 0.408. The summed E-state index contributed by atoms with van der Waals surface area (Å²) in [6, 6.07) is 0. The lowest BCUT2D eigenvalue weighted by molar-refractivity contribution is 0.205. The number of rotatable bonds is 5. The van der Waals surface area contributed by atoms with Gasteiger partial charge in [0.25, 0.3) is 0 Å². The van der Waals surface area contributed by atoms with E-state index in [0.717, 1.165) is 19.4 Å². The van der Waals surface area contributed by atoms with Crippen LogP contribution >= 0.6 is 0 Å². The Labute approximate surface area is 75.0 Å². The van der Waals surface area contributed by atoms with E-state index in [4.69, 9.17) is 16.1 Å². The third kappa shape index (κ3) is 16.4. The minimum absolute atomic E-state index is 0.143. The van der Waals surface area contributed by atoms with E-state index in [0.29, 0.717) is 13.2 Å². The van der Waals surface area contributed by atoms with Crippen molar-refractivity contribution in [2.75, 3.05) is 26.3 Å². The van der Waals surface area contributed by atoms with Crippen LogP contribution in [0.1, 0.15) is 26.7 Å². The first-order valence-corrected chi connectivity index (χ1v) is 4.44. The molecular formula is C8H22N2O2. The van der Waals surface area contributed by atoms with Gasteiger partial charge in [-0.25, -0.2) is 5.01 Å². The lowest BCUT2D eigenvalue weighted by Gasteiger charge is -2.09. The van der Waals surface area contributed by atoms with Crippen molar-refractivity contribution in [3.8, 4) is 0 Å². The molecule has 0 aromatic heterocycles. The van der Waals surface area contributed by atoms with Crippen molar-refractivity contribution in [3.05, 3.63) is 0 Å². The molecule has 0 heterocycles. The molecule has 0 rings (SSSR count). The fraction of sp³-hybridized carbons (Fsp3) is 1.00. The zero-order chi connectivity index (χ0) is 9.82. The molecule has 0 aliphatic rings. The van der Waals surface area contributed by atoms with E-state index in [-0.39, 0.29) is 6.61 Å². The van der Waals surface area contributed by atoms with E-state index in [9.17, 15) is 0 Å². The molecule has 0 radical (unpaired) electrons. The Morgan fingerprint density at radius 2 is 1.75 bits per heavy atom. The van der Waals surface area contributed by atoms with Gasteiger partial charge in [-0.05, 0) is 6.42 Å². The molecule has 0 spiro atoms. The third-order valence-corrected chi connectivity index (χ3v) is 1.31. The summed E-state index contributed by atoms with van der Waals surface area (Å²) in [5.74, 6) is 5.26. The molecule has 0 aliphatic carbocycles. The van der Waals surface area contributed by atoms with E-state index in [1.165, 1.54) is 0 Å². The predicted octanol–water partition coefficient (Wildman–Crippen LogP) is -0.0469. The van der Waals surface area contributed by atoms with E-state index in [2.05, 4.69) is 6.92 Å². The van der Waals surface area contributed by atoms with Crippen molar-refractivity contribution in [2.24, 2.45) is 5.84 Å². The molecule has 0 aromatic rings. The number of aliphatic hydroxyl groups excluding tert-OH is 2. The highest BCUT2D eigenvalue weighted by Crippen LogP contribution is 1.78. The number of hydrazine groups is 1. The zero-order valence-corrected chi connectivity index (χ0v) is 8.16. The van der Waals surface area contributed by atoms with Crippen LogP contribution in [0.2, 0.25) is 0 Å². The fourth-order valence-electron chi connectivity index (χ4n) is 0.445. The van der Waals surface area contributed by atoms with Crippen LogP contribution in [0.4, 0.5) is 0 Å². The van der Waals surface area contributed by atoms with Gasteiger partial charge in [0.15, 0.2) is 0 Å². The first-order valence-electron chi connectivity index (χ1n) is 4.44. The molecule has 0 bridgehead atoms. The van der Waals surface area contributed by atoms with Gasteiger partial charge >= 0.3 is 0 Å². The van der Waals surface area contributed by atoms with Crippen LogP contribution in [0.15, 0.2) is 0 Å². The Kier molecular flexibility index (Phi) is 16.1. The molecule has 0 aliphatic heterocycles. The van der Waals surface area contributed by atoms with E-state index in [1.807, 2.05) is 6.92 Å². The minimum atomic E-state index is 0.143. The molecule has 76 valence electrons. The lowest BCUT2D eigenvalue weighted by Crippen LogP contribution is -2.33. The van der Waals surface area contributed by atoms with Crippen LogP contribution in [0, 0.1) is 0 Å². The van der Waals surface area contributed by atoms with Crippen molar-refractivity contribution in [2.45, 2.75) is 26.7 Å². The van der Waals surface area contributed by atoms with Gasteiger partial charge in [-0.3, -0.25) is 5.84 Å². The monoisotopic (exact) mass is 178 g/mol. The summed E-state index contributed by atoms with van der Waals surface area (Å²) < 4.78 is 0. The van der Waals surface area contributed by atoms with Crippen molar-refractivity contribution >= 4 is 0 Å². The minimum Gasteiger partial charge on any atom is -0.396 e. The highest BCUT2D eigenvalue weighted by molar-refractivity contribution is 4.38. The molecule has 0 aromatic carbocycles. The first kappa shape index (κ1) is 14.4. The van der Waals surface area contributed by atoms with Crippen LogP contribution < -0.4 is 5.84 Å². The second-order valence-corrected chi connectivity index (χ2v) is 2.43. The van der Waals surface area contributed by atoms with E-state index >= 15 is 0 Å². The summed E-state index contributed by atoms with van der Waals surface area (Å²) in [6.07, 6.45) is 2.04. The van der Waals surface area contributed by atoms with Crippen LogP contribution in [-0.4, -0.2) is 41.5 Å². The van der Waals surface area contributed by atoms with E-state index < -0.39 is 0 Å². The lowest BCUT2D eigenvalue weighted by atomic mass is 10.4. The number of nitrogens with zero attached hydrogens (tertiary/aromatic N) is 1. The normalized spacial score (nSPS) is 9.50. The van der Waals surface area contributed by atoms with Gasteiger partial charge in [0, 0.05) is 19.7 Å². The van der Waals surface area contributed by atoms with Gasteiger partial charge in [0.05, 0.1) is 6.61 Å². The zero-order valence-electron chi connectivity index (χ0n) is 8.16. The maximum atomic E-state index is 8.25. The maximum Gasteiger partial charge on any atom is 0.0572 e. The van der Waals surface area contributed by atoms with Gasteiger partial charge in [0.1, 0.15) is 0 Å². The second kappa shape index (κ2) is 13.4. The van der Waals surface area contributed by atoms with Gasteiger partial charge in [-0.2, -0.15) is 0 Å². The number of likely N-dealkylation sites (N-methyl/N-ethyl adjacent to an activating group) is 1. The Bertz CT molecular complexity index is 70.1. The Morgan fingerprint density at radius 1 is 1.17 bits per heavy atom. The molecule has 0 saturated heterocycles. The van der Waals surface area contributed by atoms with Crippen molar-refractivity contribution in [1.82, 2.24) is 5.01 Å². The predicted molar refractivity (Wildman–Crippen MR) is 50.5 cm³/mol. The molecule has 12 heavy (non-hydrogen) atoms. The molecule has 4 nitrogen and oxygen atoms in total. The summed E-state index contributed by atoms with van der Waals surface area (Å²) in [4.78, 5) is 0. The topological polar surface area (TPSA) is 69.7 Å². The molecule has 0 unspecified atom stereocenters. The molecule has 0 atom stereocenters. The Hall–Kier alpha value is -0.160. The van der Waals surface area contributed by atoms with Crippen LogP contribution in [-0.2, 0) is 0 Å². The fourth-order valence-corrected chi connectivity index (χ4v) is 0.445. The molecule has 0 saturated carbocycles. The second-order valence-electron chi connectivity index (χ2n) is 2.43. The summed E-state index contributed by atoms with van der Waals surface area (Å²) >= 11 is 0. The van der Waals surface area contributed by atoms with Gasteiger partial charge in [-0.1, -0.05) is 20.3 Å². The Morgan fingerprint density at radius 3 is 1.83 bits per heavy atom. The number of hydrogen-bond donors (Lipinski definition) is 3. The summed E-state index contributed by atoms with van der Waals surface area (Å²) in [7, 11) is 0. The standard InChI is InChI=1S/C4H12N2O.C4H10O/c1-2-6(5)3-4-7;1-2-3-4-5/h7H,2-5H2,1H3;5H,2-4H2,1H3. The van der Waals surface area contributed by atoms with E-state index in [1.54, 1.807) is 5.01 Å². The van der Waals surface area contributed by atoms with Crippen LogP contribution in [0.3, 0.4) is 0 Å². The summed E-state index contributed by atoms with van der Waals surface area (Å²) in [6.45, 7) is 5.84. The molecule has 0 fully saturated rings. The summed E-state index contributed by atoms with van der Waals surface area (Å²) in [5.41, 5.74) is 0. The number of aliphatic hydroxyl groups is 2. The smallest absolute Gasteiger partial charge is 0.0572 e. The Balaban J connectivity index is 0. The number of unbranched alkanes of at least 4 members (excludes halogenated alkanes) is 1. The molecular weight excluding hydrogens is 156 g/mol. The SMILES string of the molecule is CCCCO.CCN(N)CCO. The summed E-state index contributed by atoms with van der Waals surface area (Å²) in [5, 5.41) is 17.9. The average Bonchev–Trinajstić information content (AvgIpc) is 2.07. The van der Waals surface area contributed by atoms with Gasteiger partial charge < -0.3 is 10.2 Å². The highest BCUT2D eigenvalue weighted by Gasteiger charge is 1.87. The van der Waals surface area contributed by atoms with Crippen LogP contribution in [0.25, 0.3) is 0 Å². The number of hydrogen-bond acceptors (Lipinski definition) is 4. The van der Waals surface area contributed by atoms with Gasteiger partial charge in [-0.15, -0.1) is 0 Å². The largest absolute Gasteiger partial charge is 0.396 e. The number of nitrogens with two attached hydrogens (primary N) is 1. The maximum absolute atomic E-state index is 8.25. The van der Waals surface area contributed by atoms with Crippen molar-refractivity contribution in [3.63, 3.8) is 0 Å². The molecule has 0 amide bonds. The molecule has 4 heteroatoms. The van der Waals surface area contributed by atoms with Crippen molar-refractivity contribution in [1.29, 1.82) is 0 Å². The first-order chi connectivity index (χ1) is 5.72. The highest BCUT2D eigenvalue weighted by atomic mass is 16.3.